The highest BCUT2D eigenvalue weighted by atomic mass is 16.5. The normalized spacial score (nSPS) is 13.5. The van der Waals surface area contributed by atoms with Gasteiger partial charge in [-0.05, 0) is 79.6 Å². The van der Waals surface area contributed by atoms with E-state index >= 15 is 0 Å². The van der Waals surface area contributed by atoms with Gasteiger partial charge in [0.1, 0.15) is 11.3 Å². The highest BCUT2D eigenvalue weighted by Gasteiger charge is 2.16. The molecule has 1 amide bonds. The number of rotatable bonds is 11. The summed E-state index contributed by atoms with van der Waals surface area (Å²) in [7, 11) is 0. The molecule has 1 fully saturated rings. The summed E-state index contributed by atoms with van der Waals surface area (Å²) in [5, 5.41) is 8.09. The summed E-state index contributed by atoms with van der Waals surface area (Å²) in [6.45, 7) is 2.60. The first-order chi connectivity index (χ1) is 19.2. The molecule has 1 aliphatic rings. The van der Waals surface area contributed by atoms with Gasteiger partial charge >= 0.3 is 0 Å². The Hall–Kier alpha value is -4.00. The van der Waals surface area contributed by atoms with Crippen molar-refractivity contribution in [3.8, 4) is 16.9 Å². The van der Waals surface area contributed by atoms with E-state index in [0.717, 1.165) is 74.9 Å². The quantitative estimate of drug-likeness (QED) is 0.209. The van der Waals surface area contributed by atoms with Crippen molar-refractivity contribution >= 4 is 22.8 Å². The van der Waals surface area contributed by atoms with Crippen LogP contribution in [0, 0.1) is 0 Å². The van der Waals surface area contributed by atoms with Crippen molar-refractivity contribution in [2.75, 3.05) is 19.7 Å². The van der Waals surface area contributed by atoms with E-state index in [9.17, 15) is 9.59 Å². The average molecular weight is 525 g/mol. The third-order valence-electron chi connectivity index (χ3n) is 7.38. The summed E-state index contributed by atoms with van der Waals surface area (Å²) >= 11 is 0. The van der Waals surface area contributed by atoms with Crippen LogP contribution >= 0.6 is 0 Å². The minimum Gasteiger partial charge on any atom is -0.494 e. The molecule has 4 aromatic rings. The zero-order chi connectivity index (χ0) is 26.9. The Morgan fingerprint density at radius 1 is 0.744 bits per heavy atom. The van der Waals surface area contributed by atoms with Gasteiger partial charge in [-0.3, -0.25) is 9.59 Å². The summed E-state index contributed by atoms with van der Waals surface area (Å²) in [5.74, 6) is 0.993. The standard InChI is InChI=1S/C32H36N4O3/c37-31(35-22-8-4-9-23-35)13-5-2-1-3-10-24-39-28-20-18-26(19-21-28)25-14-16-27(17-15-25)32(38)36-30-12-7-6-11-29(30)33-34-36/h6-7,11-12,14-21H,1-5,8-10,13,22-24H2. The number of amides is 1. The third-order valence-corrected chi connectivity index (χ3v) is 7.38. The van der Waals surface area contributed by atoms with E-state index < -0.39 is 0 Å². The summed E-state index contributed by atoms with van der Waals surface area (Å²) in [4.78, 5) is 27.2. The monoisotopic (exact) mass is 524 g/mol. The van der Waals surface area contributed by atoms with Crippen LogP contribution in [0.5, 0.6) is 5.75 Å². The summed E-state index contributed by atoms with van der Waals surface area (Å²) in [6.07, 6.45) is 9.64. The van der Waals surface area contributed by atoms with Crippen molar-refractivity contribution in [2.24, 2.45) is 0 Å². The lowest BCUT2D eigenvalue weighted by Gasteiger charge is -2.26. The molecule has 5 rings (SSSR count). The Morgan fingerprint density at radius 3 is 2.18 bits per heavy atom. The number of carbonyl (C=O) groups is 2. The SMILES string of the molecule is O=C(CCCCCCCOc1ccc(-c2ccc(C(=O)n3nnc4ccccc43)cc2)cc1)N1CCCCC1. The number of aromatic nitrogens is 3. The van der Waals surface area contributed by atoms with Crippen LogP contribution in [0.25, 0.3) is 22.2 Å². The largest absolute Gasteiger partial charge is 0.494 e. The molecule has 1 aromatic heterocycles. The van der Waals surface area contributed by atoms with Crippen LogP contribution in [0.1, 0.15) is 68.1 Å². The molecule has 0 radical (unpaired) electrons. The fourth-order valence-electron chi connectivity index (χ4n) is 5.09. The number of piperidine rings is 1. The Bertz CT molecular complexity index is 1370. The molecule has 202 valence electrons. The number of hydrogen-bond donors (Lipinski definition) is 0. The highest BCUT2D eigenvalue weighted by Crippen LogP contribution is 2.24. The number of likely N-dealkylation sites (tertiary alicyclic amines) is 1. The summed E-state index contributed by atoms with van der Waals surface area (Å²) < 4.78 is 7.27. The first kappa shape index (κ1) is 26.6. The van der Waals surface area contributed by atoms with Crippen molar-refractivity contribution in [3.05, 3.63) is 78.4 Å². The molecule has 0 unspecified atom stereocenters. The zero-order valence-corrected chi connectivity index (χ0v) is 22.4. The zero-order valence-electron chi connectivity index (χ0n) is 22.4. The highest BCUT2D eigenvalue weighted by molar-refractivity contribution is 6.00. The lowest BCUT2D eigenvalue weighted by Crippen LogP contribution is -2.35. The van der Waals surface area contributed by atoms with E-state index in [4.69, 9.17) is 4.74 Å². The Morgan fingerprint density at radius 2 is 1.41 bits per heavy atom. The van der Waals surface area contributed by atoms with Crippen LogP contribution in [-0.4, -0.2) is 51.4 Å². The van der Waals surface area contributed by atoms with E-state index in [1.54, 1.807) is 0 Å². The van der Waals surface area contributed by atoms with Crippen molar-refractivity contribution < 1.29 is 14.3 Å². The molecule has 3 aromatic carbocycles. The second-order valence-electron chi connectivity index (χ2n) is 10.2. The van der Waals surface area contributed by atoms with Gasteiger partial charge in [-0.15, -0.1) is 5.10 Å². The van der Waals surface area contributed by atoms with Crippen molar-refractivity contribution in [3.63, 3.8) is 0 Å². The predicted molar refractivity (Wildman–Crippen MR) is 153 cm³/mol. The van der Waals surface area contributed by atoms with Gasteiger partial charge in [-0.2, -0.15) is 4.68 Å². The van der Waals surface area contributed by atoms with Gasteiger partial charge in [0, 0.05) is 25.1 Å². The predicted octanol–water partition coefficient (Wildman–Crippen LogP) is 6.52. The maximum absolute atomic E-state index is 12.9. The van der Waals surface area contributed by atoms with Gasteiger partial charge in [0.2, 0.25) is 5.91 Å². The molecule has 0 spiro atoms. The molecule has 0 N–H and O–H groups in total. The molecule has 7 heteroatoms. The van der Waals surface area contributed by atoms with Crippen LogP contribution in [-0.2, 0) is 4.79 Å². The second-order valence-corrected chi connectivity index (χ2v) is 10.2. The Labute approximate surface area is 229 Å². The lowest BCUT2D eigenvalue weighted by molar-refractivity contribution is -0.132. The van der Waals surface area contributed by atoms with Gasteiger partial charge in [-0.25, -0.2) is 0 Å². The molecule has 1 saturated heterocycles. The number of unbranched alkanes of at least 4 members (excludes halogenated alkanes) is 4. The number of carbonyl (C=O) groups excluding carboxylic acids is 2. The van der Waals surface area contributed by atoms with Crippen molar-refractivity contribution in [1.29, 1.82) is 0 Å². The summed E-state index contributed by atoms with van der Waals surface area (Å²) in [6, 6.07) is 23.0. The van der Waals surface area contributed by atoms with Crippen LogP contribution in [0.3, 0.4) is 0 Å². The van der Waals surface area contributed by atoms with Crippen LogP contribution in [0.15, 0.2) is 72.8 Å². The van der Waals surface area contributed by atoms with Crippen molar-refractivity contribution in [2.45, 2.75) is 57.8 Å². The second kappa shape index (κ2) is 13.2. The van der Waals surface area contributed by atoms with Crippen LogP contribution in [0.2, 0.25) is 0 Å². The average Bonchev–Trinajstić information content (AvgIpc) is 3.43. The fraction of sp³-hybridized carbons (Fsp3) is 0.375. The Kier molecular flexibility index (Phi) is 8.99. The third kappa shape index (κ3) is 6.91. The lowest BCUT2D eigenvalue weighted by atomic mass is 10.0. The molecule has 0 saturated carbocycles. The number of ether oxygens (including phenoxy) is 1. The molecular formula is C32H36N4O3. The van der Waals surface area contributed by atoms with E-state index in [2.05, 4.69) is 10.3 Å². The maximum Gasteiger partial charge on any atom is 0.280 e. The van der Waals surface area contributed by atoms with E-state index in [1.165, 1.54) is 11.1 Å². The van der Waals surface area contributed by atoms with Gasteiger partial charge < -0.3 is 9.64 Å². The molecule has 0 aliphatic carbocycles. The molecule has 2 heterocycles. The van der Waals surface area contributed by atoms with Crippen LogP contribution in [0.4, 0.5) is 0 Å². The number of para-hydroxylation sites is 1. The molecular weight excluding hydrogens is 488 g/mol. The number of fused-ring (bicyclic) bond motifs is 1. The van der Waals surface area contributed by atoms with Gasteiger partial charge in [0.25, 0.3) is 5.91 Å². The minimum atomic E-state index is -0.204. The molecule has 7 nitrogen and oxygen atoms in total. The molecule has 0 atom stereocenters. The molecule has 39 heavy (non-hydrogen) atoms. The van der Waals surface area contributed by atoms with E-state index in [-0.39, 0.29) is 5.91 Å². The van der Waals surface area contributed by atoms with Crippen LogP contribution < -0.4 is 4.74 Å². The van der Waals surface area contributed by atoms with E-state index in [1.807, 2.05) is 77.7 Å². The minimum absolute atomic E-state index is 0.204. The Balaban J connectivity index is 1.02. The molecule has 0 bridgehead atoms. The first-order valence-corrected chi connectivity index (χ1v) is 14.2. The van der Waals surface area contributed by atoms with E-state index in [0.29, 0.717) is 35.5 Å². The number of hydrogen-bond acceptors (Lipinski definition) is 5. The summed E-state index contributed by atoms with van der Waals surface area (Å²) in [5.41, 5.74) is 4.04. The fourth-order valence-corrected chi connectivity index (χ4v) is 5.09. The maximum atomic E-state index is 12.9. The van der Waals surface area contributed by atoms with Gasteiger partial charge in [0.15, 0.2) is 0 Å². The topological polar surface area (TPSA) is 77.3 Å². The number of benzene rings is 3. The van der Waals surface area contributed by atoms with Gasteiger partial charge in [0.05, 0.1) is 12.1 Å². The molecule has 1 aliphatic heterocycles. The number of nitrogens with zero attached hydrogens (tertiary/aromatic N) is 4. The first-order valence-electron chi connectivity index (χ1n) is 14.2. The van der Waals surface area contributed by atoms with Crippen molar-refractivity contribution in [1.82, 2.24) is 19.9 Å². The van der Waals surface area contributed by atoms with Gasteiger partial charge in [-0.1, -0.05) is 60.9 Å². The smallest absolute Gasteiger partial charge is 0.280 e.